The van der Waals surface area contributed by atoms with Gasteiger partial charge in [0.05, 0.1) is 19.2 Å². The number of nitrogens with one attached hydrogen (secondary N) is 1. The SMILES string of the molecule is COc1ccc(Br)c(C(=O)NCc2ccc([C@@H](O)c3cccs3)s2)c1. The number of aliphatic hydroxyl groups excluding tert-OH is 1. The minimum Gasteiger partial charge on any atom is -0.497 e. The second-order valence-corrected chi connectivity index (χ2v) is 8.28. The maximum absolute atomic E-state index is 12.4. The van der Waals surface area contributed by atoms with E-state index in [4.69, 9.17) is 4.74 Å². The number of benzene rings is 1. The lowest BCUT2D eigenvalue weighted by Crippen LogP contribution is -2.22. The van der Waals surface area contributed by atoms with Gasteiger partial charge in [-0.05, 0) is 57.7 Å². The topological polar surface area (TPSA) is 58.6 Å². The van der Waals surface area contributed by atoms with E-state index in [1.807, 2.05) is 29.6 Å². The average molecular weight is 438 g/mol. The minimum atomic E-state index is -0.609. The Labute approximate surface area is 162 Å². The number of halogens is 1. The predicted octanol–water partition coefficient (Wildman–Crippen LogP) is 4.59. The van der Waals surface area contributed by atoms with Crippen molar-refractivity contribution in [2.45, 2.75) is 12.6 Å². The molecule has 3 rings (SSSR count). The molecule has 2 N–H and O–H groups in total. The van der Waals surface area contributed by atoms with Gasteiger partial charge in [0.15, 0.2) is 0 Å². The van der Waals surface area contributed by atoms with Crippen LogP contribution in [0.15, 0.2) is 52.3 Å². The highest BCUT2D eigenvalue weighted by Crippen LogP contribution is 2.31. The van der Waals surface area contributed by atoms with Gasteiger partial charge < -0.3 is 15.2 Å². The molecule has 0 fully saturated rings. The molecule has 0 spiro atoms. The summed E-state index contributed by atoms with van der Waals surface area (Å²) in [6, 6.07) is 12.9. The lowest BCUT2D eigenvalue weighted by Gasteiger charge is -2.08. The molecule has 1 aromatic carbocycles. The Kier molecular flexibility index (Phi) is 5.90. The van der Waals surface area contributed by atoms with Crippen LogP contribution in [0.3, 0.4) is 0 Å². The van der Waals surface area contributed by atoms with E-state index >= 15 is 0 Å². The van der Waals surface area contributed by atoms with Gasteiger partial charge in [-0.25, -0.2) is 0 Å². The molecule has 130 valence electrons. The standard InChI is InChI=1S/C18H16BrNO3S2/c1-23-11-4-6-14(19)13(9-11)18(22)20-10-12-5-7-16(25-12)17(21)15-3-2-8-24-15/h2-9,17,21H,10H2,1H3,(H,20,22)/t17-/m0/s1. The van der Waals surface area contributed by atoms with Gasteiger partial charge in [0.25, 0.3) is 5.91 Å². The van der Waals surface area contributed by atoms with Crippen molar-refractivity contribution in [2.24, 2.45) is 0 Å². The number of hydrogen-bond acceptors (Lipinski definition) is 5. The van der Waals surface area contributed by atoms with E-state index in [0.29, 0.717) is 22.3 Å². The van der Waals surface area contributed by atoms with Crippen LogP contribution in [0.1, 0.15) is 31.1 Å². The highest BCUT2D eigenvalue weighted by atomic mass is 79.9. The third kappa shape index (κ3) is 4.30. The molecule has 2 aromatic heterocycles. The van der Waals surface area contributed by atoms with Gasteiger partial charge in [0, 0.05) is 19.1 Å². The van der Waals surface area contributed by atoms with Crippen molar-refractivity contribution in [2.75, 3.05) is 7.11 Å². The van der Waals surface area contributed by atoms with Gasteiger partial charge in [-0.1, -0.05) is 6.07 Å². The molecular formula is C18H16BrNO3S2. The highest BCUT2D eigenvalue weighted by molar-refractivity contribution is 9.10. The normalized spacial score (nSPS) is 12.0. The number of carbonyl (C=O) groups excluding carboxylic acids is 1. The lowest BCUT2D eigenvalue weighted by molar-refractivity contribution is 0.0950. The van der Waals surface area contributed by atoms with Gasteiger partial charge in [0.1, 0.15) is 11.9 Å². The first-order valence-electron chi connectivity index (χ1n) is 7.50. The molecule has 3 aromatic rings. The molecule has 0 unspecified atom stereocenters. The van der Waals surface area contributed by atoms with Crippen LogP contribution in [0.4, 0.5) is 0 Å². The monoisotopic (exact) mass is 437 g/mol. The zero-order valence-corrected chi connectivity index (χ0v) is 16.6. The molecule has 0 saturated carbocycles. The number of carbonyl (C=O) groups is 1. The lowest BCUT2D eigenvalue weighted by atomic mass is 10.2. The first kappa shape index (κ1) is 18.1. The third-order valence-corrected chi connectivity index (χ3v) is 6.36. The maximum atomic E-state index is 12.4. The maximum Gasteiger partial charge on any atom is 0.252 e. The molecule has 25 heavy (non-hydrogen) atoms. The Morgan fingerprint density at radius 1 is 1.28 bits per heavy atom. The largest absolute Gasteiger partial charge is 0.497 e. The fraction of sp³-hybridized carbons (Fsp3) is 0.167. The number of hydrogen-bond donors (Lipinski definition) is 2. The summed E-state index contributed by atoms with van der Waals surface area (Å²) in [7, 11) is 1.57. The molecule has 1 atom stereocenters. The smallest absolute Gasteiger partial charge is 0.252 e. The number of thiophene rings is 2. The van der Waals surface area contributed by atoms with Crippen molar-refractivity contribution < 1.29 is 14.6 Å². The highest BCUT2D eigenvalue weighted by Gasteiger charge is 2.15. The van der Waals surface area contributed by atoms with Crippen LogP contribution in [-0.4, -0.2) is 18.1 Å². The van der Waals surface area contributed by atoms with Crippen LogP contribution in [-0.2, 0) is 6.54 Å². The predicted molar refractivity (Wildman–Crippen MR) is 105 cm³/mol. The Hall–Kier alpha value is -1.67. The van der Waals surface area contributed by atoms with Crippen molar-refractivity contribution in [3.63, 3.8) is 0 Å². The number of aliphatic hydroxyl groups is 1. The molecule has 1 amide bonds. The van der Waals surface area contributed by atoms with Crippen LogP contribution >= 0.6 is 38.6 Å². The second-order valence-electron chi connectivity index (χ2n) is 5.25. The second kappa shape index (κ2) is 8.14. The quantitative estimate of drug-likeness (QED) is 0.592. The first-order chi connectivity index (χ1) is 12.1. The van der Waals surface area contributed by atoms with Crippen LogP contribution < -0.4 is 10.1 Å². The molecule has 2 heterocycles. The van der Waals surface area contributed by atoms with E-state index in [0.717, 1.165) is 14.6 Å². The van der Waals surface area contributed by atoms with Gasteiger partial charge in [-0.15, -0.1) is 22.7 Å². The molecule has 0 bridgehead atoms. The van der Waals surface area contributed by atoms with Crippen molar-refractivity contribution in [1.29, 1.82) is 0 Å². The summed E-state index contributed by atoms with van der Waals surface area (Å²) in [5, 5.41) is 15.2. The molecule has 0 aliphatic carbocycles. The summed E-state index contributed by atoms with van der Waals surface area (Å²) < 4.78 is 5.88. The van der Waals surface area contributed by atoms with Crippen molar-refractivity contribution in [3.8, 4) is 5.75 Å². The van der Waals surface area contributed by atoms with Gasteiger partial charge >= 0.3 is 0 Å². The van der Waals surface area contributed by atoms with Gasteiger partial charge in [-0.2, -0.15) is 0 Å². The number of amides is 1. The fourth-order valence-electron chi connectivity index (χ4n) is 2.29. The number of rotatable bonds is 6. The van der Waals surface area contributed by atoms with Crippen LogP contribution in [0.25, 0.3) is 0 Å². The molecular weight excluding hydrogens is 422 g/mol. The van der Waals surface area contributed by atoms with Crippen LogP contribution in [0.2, 0.25) is 0 Å². The molecule has 4 nitrogen and oxygen atoms in total. The molecule has 0 aliphatic heterocycles. The molecule has 0 saturated heterocycles. The third-order valence-electron chi connectivity index (χ3n) is 3.61. The zero-order valence-electron chi connectivity index (χ0n) is 13.4. The van der Waals surface area contributed by atoms with Gasteiger partial charge in [-0.3, -0.25) is 4.79 Å². The Morgan fingerprint density at radius 2 is 2.12 bits per heavy atom. The Balaban J connectivity index is 1.65. The summed E-state index contributed by atoms with van der Waals surface area (Å²) >= 11 is 6.41. The number of ether oxygens (including phenoxy) is 1. The number of methoxy groups -OCH3 is 1. The Bertz CT molecular complexity index is 861. The van der Waals surface area contributed by atoms with Crippen molar-refractivity contribution in [3.05, 3.63) is 72.5 Å². The molecule has 0 aliphatic rings. The van der Waals surface area contributed by atoms with E-state index in [1.54, 1.807) is 25.3 Å². The molecule has 0 radical (unpaired) electrons. The van der Waals surface area contributed by atoms with E-state index in [2.05, 4.69) is 21.2 Å². The minimum absolute atomic E-state index is 0.181. The van der Waals surface area contributed by atoms with Gasteiger partial charge in [0.2, 0.25) is 0 Å². The Morgan fingerprint density at radius 3 is 2.84 bits per heavy atom. The molecule has 7 heteroatoms. The summed E-state index contributed by atoms with van der Waals surface area (Å²) in [5.41, 5.74) is 0.523. The summed E-state index contributed by atoms with van der Waals surface area (Å²) in [5.74, 6) is 0.449. The van der Waals surface area contributed by atoms with E-state index in [9.17, 15) is 9.90 Å². The average Bonchev–Trinajstić information content (AvgIpc) is 3.31. The summed E-state index contributed by atoms with van der Waals surface area (Å²) in [4.78, 5) is 15.2. The van der Waals surface area contributed by atoms with E-state index in [-0.39, 0.29) is 5.91 Å². The fourth-order valence-corrected chi connectivity index (χ4v) is 4.48. The first-order valence-corrected chi connectivity index (χ1v) is 9.99. The van der Waals surface area contributed by atoms with Crippen LogP contribution in [0.5, 0.6) is 5.75 Å². The van der Waals surface area contributed by atoms with E-state index in [1.165, 1.54) is 22.7 Å². The summed E-state index contributed by atoms with van der Waals surface area (Å²) in [6.07, 6.45) is -0.609. The van der Waals surface area contributed by atoms with Crippen molar-refractivity contribution >= 4 is 44.5 Å². The summed E-state index contributed by atoms with van der Waals surface area (Å²) in [6.45, 7) is 0.407. The van der Waals surface area contributed by atoms with Crippen LogP contribution in [0, 0.1) is 0 Å². The zero-order chi connectivity index (χ0) is 17.8. The van der Waals surface area contributed by atoms with Crippen molar-refractivity contribution in [1.82, 2.24) is 5.32 Å². The van der Waals surface area contributed by atoms with E-state index < -0.39 is 6.10 Å².